The fraction of sp³-hybridized carbons (Fsp3) is 1.00. The van der Waals surface area contributed by atoms with Crippen LogP contribution < -0.4 is 0 Å². The lowest BCUT2D eigenvalue weighted by Gasteiger charge is -2.41. The van der Waals surface area contributed by atoms with Gasteiger partial charge in [-0.3, -0.25) is 8.78 Å². The lowest BCUT2D eigenvalue weighted by Crippen LogP contribution is -2.29. The van der Waals surface area contributed by atoms with Crippen LogP contribution in [0.2, 0.25) is 0 Å². The van der Waals surface area contributed by atoms with Gasteiger partial charge in [-0.15, -0.1) is 0 Å². The summed E-state index contributed by atoms with van der Waals surface area (Å²) in [6, 6.07) is 0. The molecule has 3 fully saturated rings. The second-order valence-corrected chi connectivity index (χ2v) is 11.7. The third kappa shape index (κ3) is 8.96. The molecular weight excluding hydrogens is 386 g/mol. The van der Waals surface area contributed by atoms with Gasteiger partial charge in [-0.25, -0.2) is 0 Å². The van der Waals surface area contributed by atoms with Crippen LogP contribution in [0.3, 0.4) is 0 Å². The summed E-state index contributed by atoms with van der Waals surface area (Å²) >= 11 is 0. The summed E-state index contributed by atoms with van der Waals surface area (Å²) in [7, 11) is 0. The molecule has 0 saturated heterocycles. The Labute approximate surface area is 192 Å². The highest BCUT2D eigenvalue weighted by molar-refractivity contribution is 4.86. The van der Waals surface area contributed by atoms with Gasteiger partial charge >= 0.3 is 0 Å². The number of halogens is 2. The van der Waals surface area contributed by atoms with E-state index in [0.29, 0.717) is 0 Å². The minimum atomic E-state index is -0.130. The molecule has 0 N–H and O–H groups in total. The molecule has 0 spiro atoms. The Bertz CT molecular complexity index is 426. The summed E-state index contributed by atoms with van der Waals surface area (Å²) in [5, 5.41) is 0. The van der Waals surface area contributed by atoms with Gasteiger partial charge in [0.05, 0.1) is 13.3 Å². The predicted octanol–water partition coefficient (Wildman–Crippen LogP) is 9.86. The smallest absolute Gasteiger partial charge is 0.0894 e. The van der Waals surface area contributed by atoms with Gasteiger partial charge in [0.15, 0.2) is 0 Å². The van der Waals surface area contributed by atoms with Crippen molar-refractivity contribution < 1.29 is 8.78 Å². The van der Waals surface area contributed by atoms with E-state index in [9.17, 15) is 8.78 Å². The lowest BCUT2D eigenvalue weighted by molar-refractivity contribution is 0.102. The Hall–Kier alpha value is -0.140. The Morgan fingerprint density at radius 3 is 1.10 bits per heavy atom. The lowest BCUT2D eigenvalue weighted by atomic mass is 9.64. The predicted molar refractivity (Wildman–Crippen MR) is 130 cm³/mol. The van der Waals surface area contributed by atoms with Gasteiger partial charge in [0, 0.05) is 0 Å². The standard InChI is InChI=1S/C29H52F2/c30-22-6-4-2-1-3-5-8-24-10-14-26(15-11-24)28-18-20-29(21-19-28)27-16-12-25(13-17-27)9-7-23-31/h24-29H,1-23H2. The van der Waals surface area contributed by atoms with E-state index < -0.39 is 0 Å². The fourth-order valence-electron chi connectivity index (χ4n) is 7.58. The van der Waals surface area contributed by atoms with E-state index >= 15 is 0 Å². The highest BCUT2D eigenvalue weighted by Gasteiger charge is 2.34. The van der Waals surface area contributed by atoms with Gasteiger partial charge < -0.3 is 0 Å². The number of hydrogen-bond donors (Lipinski definition) is 0. The first kappa shape index (κ1) is 25.5. The summed E-state index contributed by atoms with van der Waals surface area (Å²) in [6.45, 7) is -0.247. The average Bonchev–Trinajstić information content (AvgIpc) is 2.83. The molecule has 0 radical (unpaired) electrons. The maximum Gasteiger partial charge on any atom is 0.0894 e. The first-order valence-corrected chi connectivity index (χ1v) is 14.4. The Morgan fingerprint density at radius 1 is 0.355 bits per heavy atom. The van der Waals surface area contributed by atoms with E-state index in [-0.39, 0.29) is 13.3 Å². The van der Waals surface area contributed by atoms with E-state index in [1.807, 2.05) is 0 Å². The van der Waals surface area contributed by atoms with Crippen LogP contribution in [0.5, 0.6) is 0 Å². The average molecular weight is 439 g/mol. The van der Waals surface area contributed by atoms with Crippen LogP contribution in [0.25, 0.3) is 0 Å². The molecular formula is C29H52F2. The van der Waals surface area contributed by atoms with Crippen molar-refractivity contribution in [2.45, 2.75) is 135 Å². The Balaban J connectivity index is 1.23. The maximum absolute atomic E-state index is 12.4. The number of hydrogen-bond acceptors (Lipinski definition) is 0. The molecule has 0 aromatic carbocycles. The van der Waals surface area contributed by atoms with Gasteiger partial charge in [0.25, 0.3) is 0 Å². The Kier molecular flexibility index (Phi) is 12.2. The van der Waals surface area contributed by atoms with E-state index in [1.165, 1.54) is 109 Å². The van der Waals surface area contributed by atoms with Crippen LogP contribution in [-0.4, -0.2) is 13.3 Å². The van der Waals surface area contributed by atoms with Crippen LogP contribution in [-0.2, 0) is 0 Å². The van der Waals surface area contributed by atoms with Crippen LogP contribution in [0, 0.1) is 35.5 Å². The molecule has 0 bridgehead atoms. The molecule has 3 aliphatic carbocycles. The van der Waals surface area contributed by atoms with Crippen LogP contribution in [0.4, 0.5) is 8.78 Å². The van der Waals surface area contributed by atoms with Crippen molar-refractivity contribution in [3.8, 4) is 0 Å². The summed E-state index contributed by atoms with van der Waals surface area (Å²) in [6.07, 6.45) is 28.3. The molecule has 0 atom stereocenters. The number of alkyl halides is 2. The second-order valence-electron chi connectivity index (χ2n) is 11.7. The maximum atomic E-state index is 12.4. The summed E-state index contributed by atoms with van der Waals surface area (Å²) in [5.74, 6) is 5.92. The first-order valence-electron chi connectivity index (χ1n) is 14.4. The highest BCUT2D eigenvalue weighted by Crippen LogP contribution is 2.46. The molecule has 3 rings (SSSR count). The fourth-order valence-corrected chi connectivity index (χ4v) is 7.58. The van der Waals surface area contributed by atoms with Crippen LogP contribution in [0.1, 0.15) is 135 Å². The first-order chi connectivity index (χ1) is 15.3. The van der Waals surface area contributed by atoms with Gasteiger partial charge in [-0.2, -0.15) is 0 Å². The van der Waals surface area contributed by atoms with Crippen molar-refractivity contribution in [1.82, 2.24) is 0 Å². The van der Waals surface area contributed by atoms with Crippen molar-refractivity contribution in [2.75, 3.05) is 13.3 Å². The summed E-state index contributed by atoms with van der Waals surface area (Å²) < 4.78 is 24.6. The molecule has 0 amide bonds. The Morgan fingerprint density at radius 2 is 0.677 bits per heavy atom. The van der Waals surface area contributed by atoms with Crippen molar-refractivity contribution in [3.63, 3.8) is 0 Å². The zero-order chi connectivity index (χ0) is 21.7. The minimum absolute atomic E-state index is 0.117. The third-order valence-corrected chi connectivity index (χ3v) is 9.67. The molecule has 0 aromatic heterocycles. The van der Waals surface area contributed by atoms with Gasteiger partial charge in [-0.05, 0) is 106 Å². The van der Waals surface area contributed by atoms with E-state index in [2.05, 4.69) is 0 Å². The van der Waals surface area contributed by atoms with E-state index in [1.54, 1.807) is 0 Å². The molecule has 0 nitrogen and oxygen atoms in total. The van der Waals surface area contributed by atoms with Gasteiger partial charge in [-0.1, -0.05) is 64.2 Å². The normalized spacial score (nSPS) is 34.6. The number of rotatable bonds is 13. The van der Waals surface area contributed by atoms with Crippen molar-refractivity contribution >= 4 is 0 Å². The van der Waals surface area contributed by atoms with Crippen LogP contribution >= 0.6 is 0 Å². The summed E-state index contributed by atoms with van der Waals surface area (Å²) in [5.41, 5.74) is 0. The monoisotopic (exact) mass is 438 g/mol. The zero-order valence-electron chi connectivity index (χ0n) is 20.5. The zero-order valence-corrected chi connectivity index (χ0v) is 20.5. The van der Waals surface area contributed by atoms with Gasteiger partial charge in [0.2, 0.25) is 0 Å². The number of unbranched alkanes of at least 4 members (excludes halogenated alkanes) is 5. The molecule has 3 saturated carbocycles. The largest absolute Gasteiger partial charge is 0.251 e. The van der Waals surface area contributed by atoms with Gasteiger partial charge in [0.1, 0.15) is 0 Å². The minimum Gasteiger partial charge on any atom is -0.251 e. The molecule has 0 unspecified atom stereocenters. The topological polar surface area (TPSA) is 0 Å². The van der Waals surface area contributed by atoms with Crippen molar-refractivity contribution in [3.05, 3.63) is 0 Å². The highest BCUT2D eigenvalue weighted by atomic mass is 19.1. The quantitative estimate of drug-likeness (QED) is 0.251. The second kappa shape index (κ2) is 14.9. The SMILES string of the molecule is FCCCCCCCCC1CCC(C2CCC(C3CCC(CCCF)CC3)CC2)CC1. The van der Waals surface area contributed by atoms with Crippen molar-refractivity contribution in [1.29, 1.82) is 0 Å². The molecule has 3 aliphatic rings. The molecule has 2 heteroatoms. The summed E-state index contributed by atoms with van der Waals surface area (Å²) in [4.78, 5) is 0. The van der Waals surface area contributed by atoms with Crippen LogP contribution in [0.15, 0.2) is 0 Å². The van der Waals surface area contributed by atoms with E-state index in [4.69, 9.17) is 0 Å². The third-order valence-electron chi connectivity index (χ3n) is 9.67. The molecule has 0 aromatic rings. The molecule has 0 aliphatic heterocycles. The van der Waals surface area contributed by atoms with E-state index in [0.717, 1.165) is 61.2 Å². The molecule has 182 valence electrons. The molecule has 31 heavy (non-hydrogen) atoms. The van der Waals surface area contributed by atoms with Crippen molar-refractivity contribution in [2.24, 2.45) is 35.5 Å². The molecule has 0 heterocycles.